The number of furan rings is 1. The number of guanidine groups is 1. The molecular formula is C17H23IN4O2. The van der Waals surface area contributed by atoms with E-state index in [0.717, 1.165) is 5.56 Å². The summed E-state index contributed by atoms with van der Waals surface area (Å²) in [7, 11) is 0. The molecule has 0 fully saturated rings. The number of halogens is 1. The van der Waals surface area contributed by atoms with Gasteiger partial charge in [-0.3, -0.25) is 4.79 Å². The lowest BCUT2D eigenvalue weighted by molar-refractivity contribution is 0.0996. The van der Waals surface area contributed by atoms with Gasteiger partial charge >= 0.3 is 0 Å². The predicted molar refractivity (Wildman–Crippen MR) is 107 cm³/mol. The largest absolute Gasteiger partial charge is 0.459 e. The summed E-state index contributed by atoms with van der Waals surface area (Å²) in [6.45, 7) is 6.53. The van der Waals surface area contributed by atoms with E-state index in [1.165, 1.54) is 6.26 Å². The molecule has 0 radical (unpaired) electrons. The standard InChI is InChI=1S/C17H22N4O2.HI/c1-17(2,3)21-16(18)19-11-12-6-8-13(9-7-12)20-15(22)14-5-4-10-23-14;/h4-10H,11H2,1-3H3,(H,20,22)(H3,18,19,21);1H. The summed E-state index contributed by atoms with van der Waals surface area (Å²) in [5, 5.41) is 5.86. The summed E-state index contributed by atoms with van der Waals surface area (Å²) in [4.78, 5) is 16.1. The molecule has 0 aliphatic heterocycles. The van der Waals surface area contributed by atoms with Gasteiger partial charge in [0.15, 0.2) is 11.7 Å². The lowest BCUT2D eigenvalue weighted by Crippen LogP contribution is -2.44. The van der Waals surface area contributed by atoms with Crippen molar-refractivity contribution in [3.63, 3.8) is 0 Å². The number of nitrogens with two attached hydrogens (primary N) is 1. The Kier molecular flexibility index (Phi) is 7.27. The normalized spacial score (nSPS) is 11.5. The lowest BCUT2D eigenvalue weighted by atomic mass is 10.1. The summed E-state index contributed by atoms with van der Waals surface area (Å²) < 4.78 is 5.05. The second-order valence-corrected chi connectivity index (χ2v) is 6.20. The highest BCUT2D eigenvalue weighted by atomic mass is 127. The van der Waals surface area contributed by atoms with Crippen molar-refractivity contribution in [2.24, 2.45) is 10.7 Å². The second kappa shape index (κ2) is 8.72. The molecular weight excluding hydrogens is 419 g/mol. The molecule has 2 aromatic rings. The molecule has 130 valence electrons. The van der Waals surface area contributed by atoms with Gasteiger partial charge in [0.1, 0.15) is 0 Å². The molecule has 7 heteroatoms. The molecule has 24 heavy (non-hydrogen) atoms. The number of benzene rings is 1. The van der Waals surface area contributed by atoms with Crippen molar-refractivity contribution >= 4 is 41.5 Å². The molecule has 0 atom stereocenters. The van der Waals surface area contributed by atoms with E-state index in [1.54, 1.807) is 12.1 Å². The van der Waals surface area contributed by atoms with Crippen LogP contribution < -0.4 is 16.4 Å². The molecule has 0 bridgehead atoms. The first kappa shape index (κ1) is 20.0. The summed E-state index contributed by atoms with van der Waals surface area (Å²) in [6, 6.07) is 10.7. The summed E-state index contributed by atoms with van der Waals surface area (Å²) >= 11 is 0. The van der Waals surface area contributed by atoms with E-state index < -0.39 is 0 Å². The quantitative estimate of drug-likeness (QED) is 0.385. The number of carbonyl (C=O) groups is 1. The number of carbonyl (C=O) groups excluding carboxylic acids is 1. The van der Waals surface area contributed by atoms with E-state index in [4.69, 9.17) is 10.2 Å². The minimum absolute atomic E-state index is 0. The van der Waals surface area contributed by atoms with Gasteiger partial charge < -0.3 is 20.8 Å². The number of amides is 1. The molecule has 1 aromatic heterocycles. The number of hydrogen-bond acceptors (Lipinski definition) is 3. The van der Waals surface area contributed by atoms with Crippen molar-refractivity contribution in [1.82, 2.24) is 5.32 Å². The molecule has 0 saturated carbocycles. The zero-order chi connectivity index (χ0) is 16.9. The van der Waals surface area contributed by atoms with Crippen LogP contribution in [0.25, 0.3) is 0 Å². The number of hydrogen-bond donors (Lipinski definition) is 3. The third-order valence-corrected chi connectivity index (χ3v) is 2.89. The van der Waals surface area contributed by atoms with Gasteiger partial charge in [-0.05, 0) is 50.6 Å². The Labute approximate surface area is 158 Å². The maximum absolute atomic E-state index is 11.9. The number of nitrogens with one attached hydrogen (secondary N) is 2. The van der Waals surface area contributed by atoms with Gasteiger partial charge in [0, 0.05) is 11.2 Å². The maximum Gasteiger partial charge on any atom is 0.291 e. The molecule has 4 N–H and O–H groups in total. The summed E-state index contributed by atoms with van der Waals surface area (Å²) in [5.74, 6) is 0.409. The molecule has 6 nitrogen and oxygen atoms in total. The maximum atomic E-state index is 11.9. The molecule has 2 rings (SSSR count). The average molecular weight is 442 g/mol. The monoisotopic (exact) mass is 442 g/mol. The van der Waals surface area contributed by atoms with Gasteiger partial charge in [-0.25, -0.2) is 4.99 Å². The first-order valence-corrected chi connectivity index (χ1v) is 7.35. The molecule has 1 aromatic carbocycles. The summed E-state index contributed by atoms with van der Waals surface area (Å²) in [6.07, 6.45) is 1.46. The van der Waals surface area contributed by atoms with Gasteiger partial charge in [0.2, 0.25) is 0 Å². The SMILES string of the molecule is CC(C)(C)NC(N)=NCc1ccc(NC(=O)c2ccco2)cc1.I. The third kappa shape index (κ3) is 6.61. The second-order valence-electron chi connectivity index (χ2n) is 6.20. The molecule has 0 aliphatic rings. The Balaban J connectivity index is 0.00000288. The van der Waals surface area contributed by atoms with Crippen LogP contribution in [0.15, 0.2) is 52.1 Å². The van der Waals surface area contributed by atoms with Crippen LogP contribution in [0.1, 0.15) is 36.9 Å². The van der Waals surface area contributed by atoms with Crippen molar-refractivity contribution < 1.29 is 9.21 Å². The van der Waals surface area contributed by atoms with Gasteiger partial charge in [-0.2, -0.15) is 0 Å². The van der Waals surface area contributed by atoms with E-state index in [9.17, 15) is 4.79 Å². The summed E-state index contributed by atoms with van der Waals surface area (Å²) in [5.41, 5.74) is 7.41. The van der Waals surface area contributed by atoms with E-state index in [0.29, 0.717) is 18.2 Å². The molecule has 0 spiro atoms. The van der Waals surface area contributed by atoms with Crippen LogP contribution in [-0.2, 0) is 6.54 Å². The number of anilines is 1. The van der Waals surface area contributed by atoms with Crippen LogP contribution in [0.5, 0.6) is 0 Å². The Bertz CT molecular complexity index is 674. The van der Waals surface area contributed by atoms with E-state index >= 15 is 0 Å². The third-order valence-electron chi connectivity index (χ3n) is 2.89. The highest BCUT2D eigenvalue weighted by Gasteiger charge is 2.10. The fourth-order valence-electron chi connectivity index (χ4n) is 1.89. The molecule has 1 amide bonds. The van der Waals surface area contributed by atoms with Gasteiger partial charge in [-0.15, -0.1) is 24.0 Å². The van der Waals surface area contributed by atoms with Crippen molar-refractivity contribution in [3.05, 3.63) is 54.0 Å². The van der Waals surface area contributed by atoms with Crippen molar-refractivity contribution in [3.8, 4) is 0 Å². The Morgan fingerprint density at radius 3 is 2.42 bits per heavy atom. The highest BCUT2D eigenvalue weighted by Crippen LogP contribution is 2.12. The van der Waals surface area contributed by atoms with E-state index in [2.05, 4.69) is 15.6 Å². The van der Waals surface area contributed by atoms with E-state index in [-0.39, 0.29) is 41.2 Å². The Morgan fingerprint density at radius 2 is 1.88 bits per heavy atom. The van der Waals surface area contributed by atoms with Crippen molar-refractivity contribution in [2.45, 2.75) is 32.9 Å². The smallest absolute Gasteiger partial charge is 0.291 e. The van der Waals surface area contributed by atoms with Gasteiger partial charge in [0.05, 0.1) is 12.8 Å². The Hall–Kier alpha value is -2.03. The zero-order valence-corrected chi connectivity index (χ0v) is 16.3. The zero-order valence-electron chi connectivity index (χ0n) is 14.0. The van der Waals surface area contributed by atoms with Crippen LogP contribution in [0.3, 0.4) is 0 Å². The lowest BCUT2D eigenvalue weighted by Gasteiger charge is -2.20. The van der Waals surface area contributed by atoms with Gasteiger partial charge in [0.25, 0.3) is 5.91 Å². The highest BCUT2D eigenvalue weighted by molar-refractivity contribution is 14.0. The molecule has 0 aliphatic carbocycles. The minimum Gasteiger partial charge on any atom is -0.459 e. The van der Waals surface area contributed by atoms with Crippen LogP contribution in [0.2, 0.25) is 0 Å². The molecule has 0 unspecified atom stereocenters. The first-order valence-electron chi connectivity index (χ1n) is 7.35. The molecule has 1 heterocycles. The Morgan fingerprint density at radius 1 is 1.21 bits per heavy atom. The van der Waals surface area contributed by atoms with Crippen LogP contribution in [0.4, 0.5) is 5.69 Å². The van der Waals surface area contributed by atoms with Crippen LogP contribution in [-0.4, -0.2) is 17.4 Å². The van der Waals surface area contributed by atoms with Crippen LogP contribution in [0, 0.1) is 0 Å². The predicted octanol–water partition coefficient (Wildman–Crippen LogP) is 3.35. The fraction of sp³-hybridized carbons (Fsp3) is 0.294. The minimum atomic E-state index is -0.278. The number of nitrogens with zero attached hydrogens (tertiary/aromatic N) is 1. The number of rotatable bonds is 4. The van der Waals surface area contributed by atoms with Gasteiger partial charge in [-0.1, -0.05) is 12.1 Å². The first-order chi connectivity index (χ1) is 10.8. The van der Waals surface area contributed by atoms with Crippen molar-refractivity contribution in [2.75, 3.05) is 5.32 Å². The molecule has 0 saturated heterocycles. The topological polar surface area (TPSA) is 92.6 Å². The number of aliphatic imine (C=N–C) groups is 1. The average Bonchev–Trinajstić information content (AvgIpc) is 2.99. The van der Waals surface area contributed by atoms with Crippen LogP contribution >= 0.6 is 24.0 Å². The fourth-order valence-corrected chi connectivity index (χ4v) is 1.89. The van der Waals surface area contributed by atoms with E-state index in [1.807, 2.05) is 45.0 Å². The van der Waals surface area contributed by atoms with Crippen molar-refractivity contribution in [1.29, 1.82) is 0 Å².